The molecule has 2 heteroatoms. The van der Waals surface area contributed by atoms with Crippen molar-refractivity contribution in [3.8, 4) is 5.06 Å². The van der Waals surface area contributed by atoms with Crippen molar-refractivity contribution in [3.05, 3.63) is 17.0 Å². The van der Waals surface area contributed by atoms with E-state index in [0.29, 0.717) is 0 Å². The first-order valence-corrected chi connectivity index (χ1v) is 10.3. The second kappa shape index (κ2) is 13.0. The van der Waals surface area contributed by atoms with Gasteiger partial charge in [0.15, 0.2) is 5.06 Å². The summed E-state index contributed by atoms with van der Waals surface area (Å²) in [4.78, 5) is 1.33. The van der Waals surface area contributed by atoms with Crippen molar-refractivity contribution in [1.29, 1.82) is 0 Å². The lowest BCUT2D eigenvalue weighted by Crippen LogP contribution is -2.00. The standard InChI is InChI=1S/C20H36OS/c1-4-6-7-8-10-13-19(5-2)14-11-9-12-17-21-20-16-15-18(3)22-20/h15-16,19H,4-14,17H2,1-3H3. The highest BCUT2D eigenvalue weighted by atomic mass is 32.1. The van der Waals surface area contributed by atoms with Gasteiger partial charge in [-0.15, -0.1) is 11.3 Å². The monoisotopic (exact) mass is 324 g/mol. The molecule has 1 nitrogen and oxygen atoms in total. The van der Waals surface area contributed by atoms with Crippen LogP contribution in [0.25, 0.3) is 0 Å². The van der Waals surface area contributed by atoms with E-state index in [4.69, 9.17) is 4.74 Å². The van der Waals surface area contributed by atoms with Crippen LogP contribution >= 0.6 is 11.3 Å². The number of aryl methyl sites for hydroxylation is 1. The predicted molar refractivity (Wildman–Crippen MR) is 100 cm³/mol. The van der Waals surface area contributed by atoms with Crippen molar-refractivity contribution in [2.24, 2.45) is 5.92 Å². The van der Waals surface area contributed by atoms with Crippen molar-refractivity contribution in [2.45, 2.75) is 91.4 Å². The summed E-state index contributed by atoms with van der Waals surface area (Å²) in [5.41, 5.74) is 0. The lowest BCUT2D eigenvalue weighted by atomic mass is 9.92. The van der Waals surface area contributed by atoms with Crippen molar-refractivity contribution >= 4 is 11.3 Å². The third-order valence-electron chi connectivity index (χ3n) is 4.51. The van der Waals surface area contributed by atoms with E-state index in [1.54, 1.807) is 11.3 Å². The average molecular weight is 325 g/mol. The number of hydrogen-bond donors (Lipinski definition) is 0. The van der Waals surface area contributed by atoms with Crippen LogP contribution in [0.2, 0.25) is 0 Å². The summed E-state index contributed by atoms with van der Waals surface area (Å²) in [7, 11) is 0. The minimum atomic E-state index is 0.883. The first-order chi connectivity index (χ1) is 10.8. The van der Waals surface area contributed by atoms with Gasteiger partial charge in [-0.25, -0.2) is 0 Å². The second-order valence-electron chi connectivity index (χ2n) is 6.54. The van der Waals surface area contributed by atoms with E-state index in [9.17, 15) is 0 Å². The Balaban J connectivity index is 1.94. The molecule has 0 saturated heterocycles. The van der Waals surface area contributed by atoms with Gasteiger partial charge < -0.3 is 4.74 Å². The Labute approximate surface area is 142 Å². The van der Waals surface area contributed by atoms with Gasteiger partial charge in [0.05, 0.1) is 6.61 Å². The molecule has 1 rings (SSSR count). The van der Waals surface area contributed by atoms with Crippen LogP contribution in [-0.4, -0.2) is 6.61 Å². The zero-order chi connectivity index (χ0) is 16.0. The summed E-state index contributed by atoms with van der Waals surface area (Å²) in [6.45, 7) is 7.66. The van der Waals surface area contributed by atoms with Gasteiger partial charge >= 0.3 is 0 Å². The SMILES string of the molecule is CCCCCCCC(CC)CCCCCOc1ccc(C)s1. The Bertz CT molecular complexity index is 358. The quantitative estimate of drug-likeness (QED) is 0.324. The van der Waals surface area contributed by atoms with E-state index < -0.39 is 0 Å². The minimum Gasteiger partial charge on any atom is -0.484 e. The van der Waals surface area contributed by atoms with Gasteiger partial charge in [0, 0.05) is 4.88 Å². The lowest BCUT2D eigenvalue weighted by Gasteiger charge is -2.14. The van der Waals surface area contributed by atoms with Crippen LogP contribution in [0.1, 0.15) is 89.4 Å². The highest BCUT2D eigenvalue weighted by Gasteiger charge is 2.06. The van der Waals surface area contributed by atoms with E-state index in [1.165, 1.54) is 75.5 Å². The molecule has 0 saturated carbocycles. The van der Waals surface area contributed by atoms with Crippen LogP contribution in [0.3, 0.4) is 0 Å². The molecule has 1 aromatic rings. The third-order valence-corrected chi connectivity index (χ3v) is 5.42. The van der Waals surface area contributed by atoms with E-state index in [1.807, 2.05) is 0 Å². The topological polar surface area (TPSA) is 9.23 Å². The van der Waals surface area contributed by atoms with Gasteiger partial charge in [0.2, 0.25) is 0 Å². The largest absolute Gasteiger partial charge is 0.484 e. The fourth-order valence-electron chi connectivity index (χ4n) is 2.96. The zero-order valence-corrected chi connectivity index (χ0v) is 15.9. The van der Waals surface area contributed by atoms with Crippen molar-refractivity contribution in [2.75, 3.05) is 6.61 Å². The molecular weight excluding hydrogens is 288 g/mol. The van der Waals surface area contributed by atoms with Gasteiger partial charge in [-0.1, -0.05) is 78.1 Å². The highest BCUT2D eigenvalue weighted by molar-refractivity contribution is 7.13. The van der Waals surface area contributed by atoms with Crippen LogP contribution in [0, 0.1) is 12.8 Å². The molecule has 0 bridgehead atoms. The van der Waals surface area contributed by atoms with Crippen LogP contribution in [0.4, 0.5) is 0 Å². The molecule has 1 unspecified atom stereocenters. The molecule has 128 valence electrons. The molecule has 0 spiro atoms. The normalized spacial score (nSPS) is 12.5. The molecule has 0 amide bonds. The Hall–Kier alpha value is -0.500. The van der Waals surface area contributed by atoms with Gasteiger partial charge in [0.25, 0.3) is 0 Å². The molecule has 1 atom stereocenters. The highest BCUT2D eigenvalue weighted by Crippen LogP contribution is 2.24. The van der Waals surface area contributed by atoms with Gasteiger partial charge in [-0.2, -0.15) is 0 Å². The fraction of sp³-hybridized carbons (Fsp3) is 0.800. The molecular formula is C20H36OS. The molecule has 0 aliphatic heterocycles. The van der Waals surface area contributed by atoms with Crippen LogP contribution in [0.5, 0.6) is 5.06 Å². The molecule has 0 aliphatic carbocycles. The Morgan fingerprint density at radius 2 is 1.59 bits per heavy atom. The Morgan fingerprint density at radius 3 is 2.18 bits per heavy atom. The summed E-state index contributed by atoms with van der Waals surface area (Å²) in [6.07, 6.45) is 15.2. The van der Waals surface area contributed by atoms with Gasteiger partial charge in [-0.05, 0) is 31.4 Å². The van der Waals surface area contributed by atoms with E-state index in [2.05, 4.69) is 32.9 Å². The van der Waals surface area contributed by atoms with E-state index in [0.717, 1.165) is 17.6 Å². The minimum absolute atomic E-state index is 0.883. The first kappa shape index (κ1) is 19.5. The summed E-state index contributed by atoms with van der Waals surface area (Å²) >= 11 is 1.75. The summed E-state index contributed by atoms with van der Waals surface area (Å²) in [6, 6.07) is 4.22. The predicted octanol–water partition coefficient (Wildman–Crippen LogP) is 7.38. The Morgan fingerprint density at radius 1 is 0.909 bits per heavy atom. The summed E-state index contributed by atoms with van der Waals surface area (Å²) in [5.74, 6) is 0.961. The maximum Gasteiger partial charge on any atom is 0.173 e. The van der Waals surface area contributed by atoms with Crippen molar-refractivity contribution in [1.82, 2.24) is 0 Å². The fourth-order valence-corrected chi connectivity index (χ4v) is 3.70. The lowest BCUT2D eigenvalue weighted by molar-refractivity contribution is 0.307. The molecule has 0 fully saturated rings. The second-order valence-corrected chi connectivity index (χ2v) is 7.79. The molecule has 0 aliphatic rings. The van der Waals surface area contributed by atoms with E-state index in [-0.39, 0.29) is 0 Å². The molecule has 0 N–H and O–H groups in total. The van der Waals surface area contributed by atoms with Crippen LogP contribution in [-0.2, 0) is 0 Å². The van der Waals surface area contributed by atoms with Crippen molar-refractivity contribution < 1.29 is 4.74 Å². The van der Waals surface area contributed by atoms with Crippen molar-refractivity contribution in [3.63, 3.8) is 0 Å². The number of thiophene rings is 1. The Kier molecular flexibility index (Phi) is 11.5. The van der Waals surface area contributed by atoms with Gasteiger partial charge in [-0.3, -0.25) is 0 Å². The zero-order valence-electron chi connectivity index (χ0n) is 15.0. The smallest absolute Gasteiger partial charge is 0.173 e. The van der Waals surface area contributed by atoms with Crippen LogP contribution < -0.4 is 4.74 Å². The number of hydrogen-bond acceptors (Lipinski definition) is 2. The molecule has 0 radical (unpaired) electrons. The number of rotatable bonds is 14. The van der Waals surface area contributed by atoms with Crippen LogP contribution in [0.15, 0.2) is 12.1 Å². The van der Waals surface area contributed by atoms with E-state index >= 15 is 0 Å². The maximum atomic E-state index is 5.78. The molecule has 1 aromatic heterocycles. The number of ether oxygens (including phenoxy) is 1. The molecule has 0 aromatic carbocycles. The average Bonchev–Trinajstić information content (AvgIpc) is 2.93. The summed E-state index contributed by atoms with van der Waals surface area (Å²) < 4.78 is 5.78. The maximum absolute atomic E-state index is 5.78. The first-order valence-electron chi connectivity index (χ1n) is 9.45. The van der Waals surface area contributed by atoms with Gasteiger partial charge in [0.1, 0.15) is 0 Å². The summed E-state index contributed by atoms with van der Waals surface area (Å²) in [5, 5.41) is 1.08. The molecule has 1 heterocycles. The number of unbranched alkanes of at least 4 members (excludes halogenated alkanes) is 6. The molecule has 22 heavy (non-hydrogen) atoms. The third kappa shape index (κ3) is 9.50.